The number of hydrogen-bond donors (Lipinski definition) is 1. The van der Waals surface area contributed by atoms with Gasteiger partial charge >= 0.3 is 0 Å². The van der Waals surface area contributed by atoms with Crippen LogP contribution in [0.4, 0.5) is 5.95 Å². The largest absolute Gasteiger partial charge is 0.369 e. The van der Waals surface area contributed by atoms with Gasteiger partial charge in [0.2, 0.25) is 5.95 Å². The summed E-state index contributed by atoms with van der Waals surface area (Å²) in [7, 11) is 0. The SMILES string of the molecule is CC(C)(Cn1c(N)nc2cnccc21)c1cccs1. The minimum absolute atomic E-state index is 0.0270. The zero-order chi connectivity index (χ0) is 13.5. The lowest BCUT2D eigenvalue weighted by Gasteiger charge is -2.24. The predicted octanol–water partition coefficient (Wildman–Crippen LogP) is 3.05. The summed E-state index contributed by atoms with van der Waals surface area (Å²) in [5.41, 5.74) is 7.96. The van der Waals surface area contributed by atoms with Gasteiger partial charge in [0, 0.05) is 23.0 Å². The Morgan fingerprint density at radius 2 is 2.21 bits per heavy atom. The number of pyridine rings is 1. The van der Waals surface area contributed by atoms with E-state index in [0.717, 1.165) is 17.6 Å². The molecule has 0 atom stereocenters. The lowest BCUT2D eigenvalue weighted by atomic mass is 9.91. The lowest BCUT2D eigenvalue weighted by Crippen LogP contribution is -2.24. The number of anilines is 1. The Balaban J connectivity index is 2.04. The highest BCUT2D eigenvalue weighted by Gasteiger charge is 2.24. The lowest BCUT2D eigenvalue weighted by molar-refractivity contribution is 0.453. The molecule has 0 unspecified atom stereocenters. The van der Waals surface area contributed by atoms with E-state index < -0.39 is 0 Å². The quantitative estimate of drug-likeness (QED) is 0.797. The summed E-state index contributed by atoms with van der Waals surface area (Å²) in [5.74, 6) is 0.549. The maximum atomic E-state index is 6.04. The summed E-state index contributed by atoms with van der Waals surface area (Å²) in [4.78, 5) is 9.79. The van der Waals surface area contributed by atoms with Crippen molar-refractivity contribution in [2.75, 3.05) is 5.73 Å². The first kappa shape index (κ1) is 12.2. The number of aromatic nitrogens is 3. The van der Waals surface area contributed by atoms with Gasteiger partial charge in [-0.2, -0.15) is 0 Å². The van der Waals surface area contributed by atoms with E-state index in [1.54, 1.807) is 23.7 Å². The maximum Gasteiger partial charge on any atom is 0.201 e. The molecule has 3 rings (SSSR count). The predicted molar refractivity (Wildman–Crippen MR) is 79.3 cm³/mol. The van der Waals surface area contributed by atoms with Crippen LogP contribution >= 0.6 is 11.3 Å². The van der Waals surface area contributed by atoms with Gasteiger partial charge in [-0.3, -0.25) is 4.98 Å². The molecule has 4 nitrogen and oxygen atoms in total. The fourth-order valence-corrected chi connectivity index (χ4v) is 3.15. The van der Waals surface area contributed by atoms with Crippen LogP contribution in [0.15, 0.2) is 36.0 Å². The van der Waals surface area contributed by atoms with Crippen molar-refractivity contribution >= 4 is 28.3 Å². The van der Waals surface area contributed by atoms with Crippen molar-refractivity contribution in [3.05, 3.63) is 40.8 Å². The summed E-state index contributed by atoms with van der Waals surface area (Å²) in [6, 6.07) is 6.21. The zero-order valence-electron chi connectivity index (χ0n) is 11.0. The topological polar surface area (TPSA) is 56.7 Å². The third kappa shape index (κ3) is 2.10. The van der Waals surface area contributed by atoms with Gasteiger partial charge in [0.15, 0.2) is 0 Å². The molecule has 3 aromatic heterocycles. The third-order valence-electron chi connectivity index (χ3n) is 3.32. The van der Waals surface area contributed by atoms with Crippen LogP contribution in [0.2, 0.25) is 0 Å². The van der Waals surface area contributed by atoms with Crippen molar-refractivity contribution < 1.29 is 0 Å². The summed E-state index contributed by atoms with van der Waals surface area (Å²) in [5, 5.41) is 2.11. The second-order valence-corrected chi connectivity index (χ2v) is 6.23. The minimum atomic E-state index is 0.0270. The molecule has 0 aliphatic rings. The Kier molecular flexibility index (Phi) is 2.78. The molecule has 5 heteroatoms. The van der Waals surface area contributed by atoms with Crippen LogP contribution in [0.1, 0.15) is 18.7 Å². The number of hydrogen-bond acceptors (Lipinski definition) is 4. The van der Waals surface area contributed by atoms with Gasteiger partial charge in [-0.25, -0.2) is 4.98 Å². The van der Waals surface area contributed by atoms with Gasteiger partial charge in [0.05, 0.1) is 11.7 Å². The van der Waals surface area contributed by atoms with Crippen LogP contribution in [-0.4, -0.2) is 14.5 Å². The van der Waals surface area contributed by atoms with E-state index in [4.69, 9.17) is 5.73 Å². The monoisotopic (exact) mass is 272 g/mol. The van der Waals surface area contributed by atoms with Gasteiger partial charge in [-0.1, -0.05) is 19.9 Å². The summed E-state index contributed by atoms with van der Waals surface area (Å²) in [6.07, 6.45) is 3.53. The van der Waals surface area contributed by atoms with Crippen LogP contribution in [0, 0.1) is 0 Å². The number of fused-ring (bicyclic) bond motifs is 1. The maximum absolute atomic E-state index is 6.04. The Labute approximate surface area is 115 Å². The molecule has 0 aromatic carbocycles. The molecule has 0 bridgehead atoms. The zero-order valence-corrected chi connectivity index (χ0v) is 11.8. The van der Waals surface area contributed by atoms with Crippen LogP contribution in [-0.2, 0) is 12.0 Å². The molecule has 98 valence electrons. The van der Waals surface area contributed by atoms with Crippen molar-refractivity contribution in [3.8, 4) is 0 Å². The average Bonchev–Trinajstić information content (AvgIpc) is 2.99. The van der Waals surface area contributed by atoms with Crippen molar-refractivity contribution in [1.82, 2.24) is 14.5 Å². The van der Waals surface area contributed by atoms with Gasteiger partial charge in [-0.05, 0) is 17.5 Å². The number of nitrogens with two attached hydrogens (primary N) is 1. The molecule has 0 radical (unpaired) electrons. The molecule has 0 fully saturated rings. The molecule has 0 saturated heterocycles. The highest BCUT2D eigenvalue weighted by Crippen LogP contribution is 2.31. The fraction of sp³-hybridized carbons (Fsp3) is 0.286. The second kappa shape index (κ2) is 4.35. The summed E-state index contributed by atoms with van der Waals surface area (Å²) >= 11 is 1.78. The van der Waals surface area contributed by atoms with Crippen LogP contribution in [0.3, 0.4) is 0 Å². The minimum Gasteiger partial charge on any atom is -0.369 e. The average molecular weight is 272 g/mol. The fourth-order valence-electron chi connectivity index (χ4n) is 2.30. The van der Waals surface area contributed by atoms with Crippen LogP contribution in [0.25, 0.3) is 11.0 Å². The van der Waals surface area contributed by atoms with Crippen LogP contribution < -0.4 is 5.73 Å². The molecule has 0 spiro atoms. The van der Waals surface area contributed by atoms with Gasteiger partial charge in [0.1, 0.15) is 5.52 Å². The second-order valence-electron chi connectivity index (χ2n) is 5.28. The van der Waals surface area contributed by atoms with Crippen molar-refractivity contribution in [1.29, 1.82) is 0 Å². The molecular formula is C14H16N4S. The molecule has 0 amide bonds. The third-order valence-corrected chi connectivity index (χ3v) is 4.56. The van der Waals surface area contributed by atoms with E-state index >= 15 is 0 Å². The molecular weight excluding hydrogens is 256 g/mol. The first-order chi connectivity index (χ1) is 9.08. The number of rotatable bonds is 3. The van der Waals surface area contributed by atoms with E-state index in [0.29, 0.717) is 5.95 Å². The molecule has 0 saturated carbocycles. The molecule has 0 aliphatic carbocycles. The molecule has 3 aromatic rings. The van der Waals surface area contributed by atoms with Crippen LogP contribution in [0.5, 0.6) is 0 Å². The van der Waals surface area contributed by atoms with Gasteiger partial charge < -0.3 is 10.3 Å². The van der Waals surface area contributed by atoms with E-state index in [-0.39, 0.29) is 5.41 Å². The van der Waals surface area contributed by atoms with Crippen molar-refractivity contribution in [2.24, 2.45) is 0 Å². The van der Waals surface area contributed by atoms with E-state index in [9.17, 15) is 0 Å². The smallest absolute Gasteiger partial charge is 0.201 e. The molecule has 19 heavy (non-hydrogen) atoms. The van der Waals surface area contributed by atoms with Crippen molar-refractivity contribution in [2.45, 2.75) is 25.8 Å². The molecule has 3 heterocycles. The normalized spacial score (nSPS) is 12.1. The number of nitrogen functional groups attached to an aromatic ring is 1. The van der Waals surface area contributed by atoms with E-state index in [1.807, 2.05) is 6.07 Å². The molecule has 0 aliphatic heterocycles. The number of nitrogens with zero attached hydrogens (tertiary/aromatic N) is 3. The van der Waals surface area contributed by atoms with Gasteiger partial charge in [0.25, 0.3) is 0 Å². The van der Waals surface area contributed by atoms with E-state index in [2.05, 4.69) is 45.9 Å². The highest BCUT2D eigenvalue weighted by molar-refractivity contribution is 7.10. The van der Waals surface area contributed by atoms with Gasteiger partial charge in [-0.15, -0.1) is 11.3 Å². The van der Waals surface area contributed by atoms with Crippen molar-refractivity contribution in [3.63, 3.8) is 0 Å². The first-order valence-corrected chi connectivity index (χ1v) is 7.05. The Morgan fingerprint density at radius 3 is 2.95 bits per heavy atom. The molecule has 2 N–H and O–H groups in total. The number of imidazole rings is 1. The Morgan fingerprint density at radius 1 is 1.37 bits per heavy atom. The Hall–Kier alpha value is -1.88. The summed E-state index contributed by atoms with van der Waals surface area (Å²) < 4.78 is 2.07. The highest BCUT2D eigenvalue weighted by atomic mass is 32.1. The standard InChI is InChI=1S/C14H16N4S/c1-14(2,12-4-3-7-19-12)9-18-11-5-6-16-8-10(11)17-13(18)15/h3-8H,9H2,1-2H3,(H2,15,17). The van der Waals surface area contributed by atoms with E-state index in [1.165, 1.54) is 4.88 Å². The number of thiophene rings is 1. The Bertz CT molecular complexity index is 697. The first-order valence-electron chi connectivity index (χ1n) is 6.18. The summed E-state index contributed by atoms with van der Waals surface area (Å²) in [6.45, 7) is 5.26.